The molecule has 1 saturated heterocycles. The molecule has 0 radical (unpaired) electrons. The number of hydrogen-bond acceptors (Lipinski definition) is 4. The Morgan fingerprint density at radius 1 is 1.32 bits per heavy atom. The number of benzene rings is 1. The van der Waals surface area contributed by atoms with Crippen molar-refractivity contribution in [3.63, 3.8) is 0 Å². The van der Waals surface area contributed by atoms with E-state index >= 15 is 0 Å². The molecule has 3 rings (SSSR count). The van der Waals surface area contributed by atoms with Gasteiger partial charge in [0.05, 0.1) is 6.20 Å². The predicted molar refractivity (Wildman–Crippen MR) is 76.1 cm³/mol. The summed E-state index contributed by atoms with van der Waals surface area (Å²) >= 11 is 0. The van der Waals surface area contributed by atoms with Crippen molar-refractivity contribution in [3.8, 4) is 11.3 Å². The minimum absolute atomic E-state index is 0.551. The van der Waals surface area contributed by atoms with Crippen molar-refractivity contribution < 1.29 is 4.42 Å². The highest BCUT2D eigenvalue weighted by molar-refractivity contribution is 5.60. The first-order chi connectivity index (χ1) is 9.31. The lowest BCUT2D eigenvalue weighted by Crippen LogP contribution is -2.39. The quantitative estimate of drug-likeness (QED) is 0.918. The highest BCUT2D eigenvalue weighted by Crippen LogP contribution is 2.22. The normalized spacial score (nSPS) is 20.4. The van der Waals surface area contributed by atoms with E-state index in [2.05, 4.69) is 46.5 Å². The Balaban J connectivity index is 1.66. The Morgan fingerprint density at radius 2 is 2.16 bits per heavy atom. The number of rotatable bonds is 3. The molecule has 1 unspecified atom stereocenters. The molecule has 4 nitrogen and oxygen atoms in total. The minimum atomic E-state index is 0.551. The number of aromatic nitrogens is 1. The number of piperidine rings is 1. The molecule has 0 saturated carbocycles. The van der Waals surface area contributed by atoms with Crippen molar-refractivity contribution in [1.29, 1.82) is 0 Å². The van der Waals surface area contributed by atoms with Crippen molar-refractivity contribution in [3.05, 3.63) is 36.9 Å². The van der Waals surface area contributed by atoms with Gasteiger partial charge < -0.3 is 14.6 Å². The fraction of sp³-hybridized carbons (Fsp3) is 0.400. The van der Waals surface area contributed by atoms with E-state index in [1.807, 2.05) is 0 Å². The van der Waals surface area contributed by atoms with E-state index in [1.54, 1.807) is 6.20 Å². The molecule has 1 aliphatic heterocycles. The van der Waals surface area contributed by atoms with Gasteiger partial charge in [-0.25, -0.2) is 4.98 Å². The summed E-state index contributed by atoms with van der Waals surface area (Å²) in [6.07, 6.45) is 5.70. The van der Waals surface area contributed by atoms with Crippen molar-refractivity contribution in [2.45, 2.75) is 18.9 Å². The number of likely N-dealkylation sites (N-methyl/N-ethyl adjacent to an activating group) is 1. The van der Waals surface area contributed by atoms with Crippen LogP contribution in [0.2, 0.25) is 0 Å². The Labute approximate surface area is 113 Å². The lowest BCUT2D eigenvalue weighted by molar-refractivity contribution is 0.261. The molecule has 2 heterocycles. The summed E-state index contributed by atoms with van der Waals surface area (Å²) in [5.74, 6) is 0.809. The first-order valence-electron chi connectivity index (χ1n) is 6.75. The highest BCUT2D eigenvalue weighted by atomic mass is 16.3. The van der Waals surface area contributed by atoms with Gasteiger partial charge in [0, 0.05) is 23.8 Å². The van der Waals surface area contributed by atoms with Gasteiger partial charge in [0.2, 0.25) is 0 Å². The summed E-state index contributed by atoms with van der Waals surface area (Å²) < 4.78 is 5.29. The Kier molecular flexibility index (Phi) is 3.51. The number of hydrogen-bond donors (Lipinski definition) is 1. The second-order valence-corrected chi connectivity index (χ2v) is 5.19. The van der Waals surface area contributed by atoms with Gasteiger partial charge in [0.1, 0.15) is 0 Å². The molecule has 1 aromatic heterocycles. The van der Waals surface area contributed by atoms with Gasteiger partial charge in [-0.1, -0.05) is 0 Å². The van der Waals surface area contributed by atoms with E-state index in [0.29, 0.717) is 6.04 Å². The van der Waals surface area contributed by atoms with Crippen LogP contribution in [0.15, 0.2) is 41.3 Å². The van der Waals surface area contributed by atoms with E-state index in [9.17, 15) is 0 Å². The van der Waals surface area contributed by atoms with E-state index in [0.717, 1.165) is 17.9 Å². The molecule has 2 aromatic rings. The van der Waals surface area contributed by atoms with Crippen molar-refractivity contribution in [2.24, 2.45) is 0 Å². The van der Waals surface area contributed by atoms with Gasteiger partial charge in [-0.15, -0.1) is 0 Å². The summed E-state index contributed by atoms with van der Waals surface area (Å²) in [4.78, 5) is 6.31. The Morgan fingerprint density at radius 3 is 2.84 bits per heavy atom. The van der Waals surface area contributed by atoms with Gasteiger partial charge >= 0.3 is 0 Å². The second kappa shape index (κ2) is 5.45. The maximum absolute atomic E-state index is 5.29. The van der Waals surface area contributed by atoms with Crippen LogP contribution in [0.3, 0.4) is 0 Å². The average Bonchev–Trinajstić information content (AvgIpc) is 2.94. The molecule has 0 bridgehead atoms. The number of oxazole rings is 1. The molecular formula is C15H19N3O. The molecule has 1 fully saturated rings. The van der Waals surface area contributed by atoms with E-state index < -0.39 is 0 Å². The zero-order valence-electron chi connectivity index (χ0n) is 11.2. The van der Waals surface area contributed by atoms with Gasteiger partial charge in [-0.05, 0) is 50.7 Å². The molecule has 0 spiro atoms. The highest BCUT2D eigenvalue weighted by Gasteiger charge is 2.16. The van der Waals surface area contributed by atoms with E-state index in [4.69, 9.17) is 4.42 Å². The molecule has 0 aliphatic carbocycles. The standard InChI is InChI=1S/C15H19N3O/c1-18-8-2-3-14(10-18)17-13-6-4-12(5-7-13)15-9-16-11-19-15/h4-7,9,11,14,17H,2-3,8,10H2,1H3. The van der Waals surface area contributed by atoms with Crippen LogP contribution in [0.5, 0.6) is 0 Å². The van der Waals surface area contributed by atoms with Gasteiger partial charge in [-0.3, -0.25) is 0 Å². The van der Waals surface area contributed by atoms with Crippen LogP contribution in [0, 0.1) is 0 Å². The number of nitrogens with one attached hydrogen (secondary N) is 1. The maximum Gasteiger partial charge on any atom is 0.181 e. The number of anilines is 1. The number of likely N-dealkylation sites (tertiary alicyclic amines) is 1. The third kappa shape index (κ3) is 2.96. The second-order valence-electron chi connectivity index (χ2n) is 5.19. The third-order valence-corrected chi connectivity index (χ3v) is 3.60. The lowest BCUT2D eigenvalue weighted by Gasteiger charge is -2.30. The van der Waals surface area contributed by atoms with Gasteiger partial charge in [0.25, 0.3) is 0 Å². The van der Waals surface area contributed by atoms with Crippen LogP contribution >= 0.6 is 0 Å². The third-order valence-electron chi connectivity index (χ3n) is 3.60. The van der Waals surface area contributed by atoms with Crippen LogP contribution in [-0.4, -0.2) is 36.1 Å². The maximum atomic E-state index is 5.29. The number of nitrogens with zero attached hydrogens (tertiary/aromatic N) is 2. The molecule has 0 amide bonds. The smallest absolute Gasteiger partial charge is 0.181 e. The zero-order valence-corrected chi connectivity index (χ0v) is 11.2. The minimum Gasteiger partial charge on any atom is -0.444 e. The molecule has 4 heteroatoms. The molecular weight excluding hydrogens is 238 g/mol. The van der Waals surface area contributed by atoms with Crippen LogP contribution in [0.1, 0.15) is 12.8 Å². The van der Waals surface area contributed by atoms with E-state index in [-0.39, 0.29) is 0 Å². The van der Waals surface area contributed by atoms with Crippen molar-refractivity contribution >= 4 is 5.69 Å². The summed E-state index contributed by atoms with van der Waals surface area (Å²) in [5.41, 5.74) is 2.23. The van der Waals surface area contributed by atoms with E-state index in [1.165, 1.54) is 31.5 Å². The summed E-state index contributed by atoms with van der Waals surface area (Å²) in [7, 11) is 2.18. The summed E-state index contributed by atoms with van der Waals surface area (Å²) in [5, 5.41) is 3.60. The molecule has 19 heavy (non-hydrogen) atoms. The van der Waals surface area contributed by atoms with Crippen molar-refractivity contribution in [2.75, 3.05) is 25.5 Å². The molecule has 1 aromatic carbocycles. The van der Waals surface area contributed by atoms with Gasteiger partial charge in [-0.2, -0.15) is 0 Å². The van der Waals surface area contributed by atoms with Crippen molar-refractivity contribution in [1.82, 2.24) is 9.88 Å². The predicted octanol–water partition coefficient (Wildman–Crippen LogP) is 2.85. The molecule has 1 N–H and O–H groups in total. The Hall–Kier alpha value is -1.81. The lowest BCUT2D eigenvalue weighted by atomic mass is 10.1. The fourth-order valence-electron chi connectivity index (χ4n) is 2.61. The SMILES string of the molecule is CN1CCCC(Nc2ccc(-c3cnco3)cc2)C1. The monoisotopic (exact) mass is 257 g/mol. The van der Waals surface area contributed by atoms with Crippen LogP contribution in [0.4, 0.5) is 5.69 Å². The topological polar surface area (TPSA) is 41.3 Å². The van der Waals surface area contributed by atoms with Crippen LogP contribution < -0.4 is 5.32 Å². The molecule has 1 atom stereocenters. The summed E-state index contributed by atoms with van der Waals surface area (Å²) in [6, 6.07) is 8.89. The molecule has 100 valence electrons. The average molecular weight is 257 g/mol. The largest absolute Gasteiger partial charge is 0.444 e. The van der Waals surface area contributed by atoms with Crippen LogP contribution in [0.25, 0.3) is 11.3 Å². The Bertz CT molecular complexity index is 507. The first kappa shape index (κ1) is 12.2. The zero-order chi connectivity index (χ0) is 13.1. The first-order valence-corrected chi connectivity index (χ1v) is 6.75. The van der Waals surface area contributed by atoms with Crippen LogP contribution in [-0.2, 0) is 0 Å². The van der Waals surface area contributed by atoms with Gasteiger partial charge in [0.15, 0.2) is 12.2 Å². The summed E-state index contributed by atoms with van der Waals surface area (Å²) in [6.45, 7) is 2.33. The fourth-order valence-corrected chi connectivity index (χ4v) is 2.61. The molecule has 1 aliphatic rings.